The number of anilines is 1. The predicted octanol–water partition coefficient (Wildman–Crippen LogP) is 5.36. The van der Waals surface area contributed by atoms with Crippen molar-refractivity contribution < 1.29 is 0 Å². The number of nitrogens with zero attached hydrogens (tertiary/aromatic N) is 2. The molecule has 3 nitrogen and oxygen atoms in total. The minimum absolute atomic E-state index is 0.304. The molecule has 0 saturated heterocycles. The molecule has 0 aliphatic heterocycles. The smallest absolute Gasteiger partial charge is 0.129 e. The summed E-state index contributed by atoms with van der Waals surface area (Å²) in [4.78, 5) is 0. The van der Waals surface area contributed by atoms with Crippen molar-refractivity contribution in [2.45, 2.75) is 52.5 Å². The van der Waals surface area contributed by atoms with Crippen LogP contribution in [-0.4, -0.2) is 14.8 Å². The van der Waals surface area contributed by atoms with E-state index < -0.39 is 0 Å². The van der Waals surface area contributed by atoms with E-state index in [9.17, 15) is 0 Å². The van der Waals surface area contributed by atoms with Gasteiger partial charge in [0.25, 0.3) is 0 Å². The molecule has 0 amide bonds. The Balaban J connectivity index is 1.93. The van der Waals surface area contributed by atoms with Crippen molar-refractivity contribution in [1.29, 1.82) is 0 Å². The summed E-state index contributed by atoms with van der Waals surface area (Å²) in [5.74, 6) is 0.657. The third-order valence-electron chi connectivity index (χ3n) is 4.59. The predicted molar refractivity (Wildman–Crippen MR) is 91.2 cm³/mol. The fourth-order valence-corrected chi connectivity index (χ4v) is 4.24. The Hall–Kier alpha value is -0.870. The zero-order valence-electron chi connectivity index (χ0n) is 12.8. The van der Waals surface area contributed by atoms with E-state index in [-0.39, 0.29) is 0 Å². The van der Waals surface area contributed by atoms with Crippen LogP contribution < -0.4 is 5.32 Å². The monoisotopic (exact) mass is 323 g/mol. The van der Waals surface area contributed by atoms with Gasteiger partial charge >= 0.3 is 0 Å². The van der Waals surface area contributed by atoms with Crippen molar-refractivity contribution in [2.75, 3.05) is 5.32 Å². The van der Waals surface area contributed by atoms with Gasteiger partial charge in [-0.05, 0) is 36.3 Å². The molecule has 1 aliphatic rings. The molecule has 5 heteroatoms. The molecule has 1 aliphatic carbocycles. The fourth-order valence-electron chi connectivity index (χ4n) is 3.49. The van der Waals surface area contributed by atoms with E-state index in [1.807, 2.05) is 12.1 Å². The zero-order valence-corrected chi connectivity index (χ0v) is 14.4. The number of fused-ring (bicyclic) bond motifs is 1. The van der Waals surface area contributed by atoms with Crippen LogP contribution >= 0.6 is 23.3 Å². The van der Waals surface area contributed by atoms with Crippen LogP contribution in [0.15, 0.2) is 12.1 Å². The van der Waals surface area contributed by atoms with Gasteiger partial charge < -0.3 is 5.32 Å². The molecule has 3 rings (SSSR count). The molecule has 1 fully saturated rings. The maximum Gasteiger partial charge on any atom is 0.129 e. The highest BCUT2D eigenvalue weighted by atomic mass is 35.5. The van der Waals surface area contributed by atoms with Crippen molar-refractivity contribution in [3.05, 3.63) is 17.2 Å². The molecule has 114 valence electrons. The molecule has 1 aromatic heterocycles. The first-order chi connectivity index (χ1) is 9.97. The lowest BCUT2D eigenvalue weighted by molar-refractivity contribution is 0.163. The molecule has 1 N–H and O–H groups in total. The first-order valence-electron chi connectivity index (χ1n) is 7.64. The van der Waals surface area contributed by atoms with Crippen LogP contribution in [-0.2, 0) is 0 Å². The number of benzene rings is 1. The van der Waals surface area contributed by atoms with Gasteiger partial charge in [-0.1, -0.05) is 45.2 Å². The highest BCUT2D eigenvalue weighted by Crippen LogP contribution is 2.41. The first kappa shape index (κ1) is 15.0. The standard InChI is InChI=1S/C16H22ClN3S/c1-16(2,3)10-6-4-5-7-12(10)18-14-11(17)8-9-13-15(14)20-21-19-13/h8-10,12,18H,4-7H2,1-3H3. The summed E-state index contributed by atoms with van der Waals surface area (Å²) in [6.07, 6.45) is 5.10. The molecular weight excluding hydrogens is 302 g/mol. The minimum atomic E-state index is 0.304. The summed E-state index contributed by atoms with van der Waals surface area (Å²) in [5, 5.41) is 4.45. The average Bonchev–Trinajstić information content (AvgIpc) is 2.90. The lowest BCUT2D eigenvalue weighted by Crippen LogP contribution is -2.39. The summed E-state index contributed by atoms with van der Waals surface area (Å²) < 4.78 is 8.73. The van der Waals surface area contributed by atoms with E-state index in [2.05, 4.69) is 34.8 Å². The molecule has 0 bridgehead atoms. The second-order valence-electron chi connectivity index (χ2n) is 7.06. The van der Waals surface area contributed by atoms with Crippen LogP contribution in [0.3, 0.4) is 0 Å². The summed E-state index contributed by atoms with van der Waals surface area (Å²) in [5.41, 5.74) is 3.10. The van der Waals surface area contributed by atoms with Gasteiger partial charge in [0.05, 0.1) is 22.4 Å². The average molecular weight is 324 g/mol. The molecule has 2 unspecified atom stereocenters. The molecule has 2 atom stereocenters. The first-order valence-corrected chi connectivity index (χ1v) is 8.75. The number of hydrogen-bond donors (Lipinski definition) is 1. The zero-order chi connectivity index (χ0) is 15.0. The fraction of sp³-hybridized carbons (Fsp3) is 0.625. The van der Waals surface area contributed by atoms with Crippen LogP contribution in [0, 0.1) is 11.3 Å². The topological polar surface area (TPSA) is 37.8 Å². The van der Waals surface area contributed by atoms with Crippen LogP contribution in [0.4, 0.5) is 5.69 Å². The number of hydrogen-bond acceptors (Lipinski definition) is 4. The van der Waals surface area contributed by atoms with Gasteiger partial charge in [0.2, 0.25) is 0 Å². The van der Waals surface area contributed by atoms with Gasteiger partial charge in [0.15, 0.2) is 0 Å². The van der Waals surface area contributed by atoms with Crippen LogP contribution in [0.2, 0.25) is 5.02 Å². The van der Waals surface area contributed by atoms with E-state index in [1.54, 1.807) is 0 Å². The van der Waals surface area contributed by atoms with Crippen molar-refractivity contribution in [3.8, 4) is 0 Å². The maximum atomic E-state index is 6.42. The van der Waals surface area contributed by atoms with Crippen molar-refractivity contribution in [1.82, 2.24) is 8.75 Å². The third kappa shape index (κ3) is 3.02. The summed E-state index contributed by atoms with van der Waals surface area (Å²) in [6.45, 7) is 7.01. The van der Waals surface area contributed by atoms with E-state index >= 15 is 0 Å². The lowest BCUT2D eigenvalue weighted by atomic mass is 9.69. The Kier molecular flexibility index (Phi) is 4.10. The summed E-state index contributed by atoms with van der Waals surface area (Å²) >= 11 is 7.66. The highest BCUT2D eigenvalue weighted by molar-refractivity contribution is 7.00. The molecule has 0 spiro atoms. The van der Waals surface area contributed by atoms with E-state index in [4.69, 9.17) is 11.6 Å². The second-order valence-corrected chi connectivity index (χ2v) is 8.00. The quantitative estimate of drug-likeness (QED) is 0.808. The normalized spacial score (nSPS) is 23.4. The molecule has 1 aromatic carbocycles. The SMILES string of the molecule is CC(C)(C)C1CCCCC1Nc1c(Cl)ccc2nsnc12. The van der Waals surface area contributed by atoms with Gasteiger partial charge in [-0.3, -0.25) is 0 Å². The second kappa shape index (κ2) is 5.73. The van der Waals surface area contributed by atoms with Crippen molar-refractivity contribution in [3.63, 3.8) is 0 Å². The summed E-state index contributed by atoms with van der Waals surface area (Å²) in [7, 11) is 0. The number of aromatic nitrogens is 2. The lowest BCUT2D eigenvalue weighted by Gasteiger charge is -2.41. The van der Waals surface area contributed by atoms with Gasteiger partial charge in [0.1, 0.15) is 11.0 Å². The Bertz CT molecular complexity index is 632. The van der Waals surface area contributed by atoms with Gasteiger partial charge in [-0.15, -0.1) is 0 Å². The largest absolute Gasteiger partial charge is 0.379 e. The number of rotatable bonds is 2. The van der Waals surface area contributed by atoms with E-state index in [0.29, 0.717) is 17.4 Å². The van der Waals surface area contributed by atoms with Crippen molar-refractivity contribution >= 4 is 40.0 Å². The van der Waals surface area contributed by atoms with Crippen LogP contribution in [0.5, 0.6) is 0 Å². The number of halogens is 1. The highest BCUT2D eigenvalue weighted by Gasteiger charge is 2.34. The van der Waals surface area contributed by atoms with Gasteiger partial charge in [-0.25, -0.2) is 0 Å². The van der Waals surface area contributed by atoms with Gasteiger partial charge in [-0.2, -0.15) is 8.75 Å². The van der Waals surface area contributed by atoms with E-state index in [0.717, 1.165) is 21.7 Å². The molecule has 2 aromatic rings. The molecule has 21 heavy (non-hydrogen) atoms. The van der Waals surface area contributed by atoms with E-state index in [1.165, 1.54) is 37.4 Å². The maximum absolute atomic E-state index is 6.42. The number of nitrogens with one attached hydrogen (secondary N) is 1. The molecule has 0 radical (unpaired) electrons. The molecular formula is C16H22ClN3S. The van der Waals surface area contributed by atoms with Crippen molar-refractivity contribution in [2.24, 2.45) is 11.3 Å². The Morgan fingerprint density at radius 1 is 1.19 bits per heavy atom. The van der Waals surface area contributed by atoms with Crippen LogP contribution in [0.25, 0.3) is 11.0 Å². The summed E-state index contributed by atoms with van der Waals surface area (Å²) in [6, 6.07) is 4.32. The molecule has 1 heterocycles. The Morgan fingerprint density at radius 2 is 1.95 bits per heavy atom. The third-order valence-corrected chi connectivity index (χ3v) is 5.44. The Morgan fingerprint density at radius 3 is 2.71 bits per heavy atom. The van der Waals surface area contributed by atoms with Crippen LogP contribution in [0.1, 0.15) is 46.5 Å². The minimum Gasteiger partial charge on any atom is -0.379 e. The Labute approximate surface area is 135 Å². The molecule has 1 saturated carbocycles. The van der Waals surface area contributed by atoms with Gasteiger partial charge in [0, 0.05) is 6.04 Å².